The van der Waals surface area contributed by atoms with Crippen LogP contribution in [0.5, 0.6) is 0 Å². The topological polar surface area (TPSA) is 75.2 Å². The molecule has 0 bridgehead atoms. The van der Waals surface area contributed by atoms with Crippen molar-refractivity contribution >= 4 is 12.1 Å². The fourth-order valence-electron chi connectivity index (χ4n) is 4.14. The highest BCUT2D eigenvalue weighted by atomic mass is 16.6. The van der Waals surface area contributed by atoms with Gasteiger partial charge in [-0.2, -0.15) is 0 Å². The maximum Gasteiger partial charge on any atom is 0.407 e. The Bertz CT molecular complexity index is 524. The van der Waals surface area contributed by atoms with Crippen LogP contribution in [0.25, 0.3) is 0 Å². The fraction of sp³-hybridized carbons (Fsp3) is 0.905. The maximum absolute atomic E-state index is 12.0. The van der Waals surface area contributed by atoms with Gasteiger partial charge in [-0.3, -0.25) is 4.99 Å². The first kappa shape index (κ1) is 22.8. The van der Waals surface area contributed by atoms with E-state index in [9.17, 15) is 4.79 Å². The van der Waals surface area contributed by atoms with Gasteiger partial charge in [-0.1, -0.05) is 12.8 Å². The smallest absolute Gasteiger partial charge is 0.407 e. The molecule has 0 aromatic carbocycles. The van der Waals surface area contributed by atoms with Crippen LogP contribution in [0.1, 0.15) is 66.2 Å². The Labute approximate surface area is 170 Å². The van der Waals surface area contributed by atoms with Gasteiger partial charge >= 0.3 is 6.09 Å². The predicted molar refractivity (Wildman–Crippen MR) is 113 cm³/mol. The summed E-state index contributed by atoms with van der Waals surface area (Å²) in [7, 11) is 1.78. The molecule has 0 spiro atoms. The van der Waals surface area contributed by atoms with Crippen molar-refractivity contribution in [3.05, 3.63) is 0 Å². The number of likely N-dealkylation sites (tertiary alicyclic amines) is 1. The number of ether oxygens (including phenoxy) is 2. The zero-order chi connectivity index (χ0) is 20.6. The van der Waals surface area contributed by atoms with Crippen molar-refractivity contribution in [3.8, 4) is 0 Å². The summed E-state index contributed by atoms with van der Waals surface area (Å²) in [4.78, 5) is 19.3. The molecule has 0 unspecified atom stereocenters. The Balaban J connectivity index is 1.94. The number of nitrogens with one attached hydrogen (secondary N) is 2. The Kier molecular flexibility index (Phi) is 8.40. The lowest BCUT2D eigenvalue weighted by atomic mass is 9.83. The number of methoxy groups -OCH3 is 1. The van der Waals surface area contributed by atoms with Gasteiger partial charge in [0.25, 0.3) is 0 Å². The minimum atomic E-state index is -0.476. The normalized spacial score (nSPS) is 22.4. The van der Waals surface area contributed by atoms with Crippen molar-refractivity contribution in [1.29, 1.82) is 0 Å². The molecule has 7 heteroatoms. The van der Waals surface area contributed by atoms with Crippen LogP contribution in [-0.4, -0.2) is 68.5 Å². The van der Waals surface area contributed by atoms with E-state index in [0.717, 1.165) is 51.6 Å². The molecule has 1 aliphatic heterocycles. The minimum absolute atomic E-state index is 0.0904. The van der Waals surface area contributed by atoms with Gasteiger partial charge in [-0.25, -0.2) is 4.79 Å². The van der Waals surface area contributed by atoms with Crippen LogP contribution in [0.15, 0.2) is 4.99 Å². The summed E-state index contributed by atoms with van der Waals surface area (Å²) in [5.74, 6) is 0.958. The summed E-state index contributed by atoms with van der Waals surface area (Å²) in [5, 5.41) is 6.43. The Morgan fingerprint density at radius 1 is 1.29 bits per heavy atom. The van der Waals surface area contributed by atoms with Crippen LogP contribution in [0.3, 0.4) is 0 Å². The van der Waals surface area contributed by atoms with Crippen LogP contribution < -0.4 is 10.6 Å². The number of guanidine groups is 1. The van der Waals surface area contributed by atoms with Gasteiger partial charge in [-0.15, -0.1) is 0 Å². The Morgan fingerprint density at radius 2 is 2.00 bits per heavy atom. The summed E-state index contributed by atoms with van der Waals surface area (Å²) >= 11 is 0. The lowest BCUT2D eigenvalue weighted by molar-refractivity contribution is 0.0507. The van der Waals surface area contributed by atoms with E-state index in [1.807, 2.05) is 20.8 Å². The molecule has 1 aliphatic carbocycles. The number of hydrogen-bond donors (Lipinski definition) is 2. The summed E-state index contributed by atoms with van der Waals surface area (Å²) in [5.41, 5.74) is -0.193. The number of carbonyl (C=O) groups excluding carboxylic acids is 1. The number of carbonyl (C=O) groups is 1. The zero-order valence-electron chi connectivity index (χ0n) is 18.5. The highest BCUT2D eigenvalue weighted by molar-refractivity contribution is 5.80. The van der Waals surface area contributed by atoms with Gasteiger partial charge in [0.15, 0.2) is 5.96 Å². The second-order valence-corrected chi connectivity index (χ2v) is 9.20. The van der Waals surface area contributed by atoms with Gasteiger partial charge in [-0.05, 0) is 58.8 Å². The first-order valence-electron chi connectivity index (χ1n) is 10.8. The molecule has 0 aromatic heterocycles. The molecule has 1 saturated carbocycles. The minimum Gasteiger partial charge on any atom is -0.444 e. The molecular formula is C21H40N4O3. The molecule has 2 N–H and O–H groups in total. The zero-order valence-corrected chi connectivity index (χ0v) is 18.5. The molecule has 1 atom stereocenters. The highest BCUT2D eigenvalue weighted by Crippen LogP contribution is 2.41. The molecule has 7 nitrogen and oxygen atoms in total. The van der Waals surface area contributed by atoms with E-state index in [4.69, 9.17) is 14.5 Å². The third-order valence-electron chi connectivity index (χ3n) is 5.61. The molecule has 28 heavy (non-hydrogen) atoms. The number of aliphatic imine (C=N–C) groups is 1. The van der Waals surface area contributed by atoms with Crippen molar-refractivity contribution in [2.75, 3.05) is 39.9 Å². The molecular weight excluding hydrogens is 356 g/mol. The van der Waals surface area contributed by atoms with Gasteiger partial charge < -0.3 is 25.0 Å². The van der Waals surface area contributed by atoms with E-state index < -0.39 is 5.60 Å². The van der Waals surface area contributed by atoms with Crippen molar-refractivity contribution in [2.45, 2.75) is 77.9 Å². The maximum atomic E-state index is 12.0. The summed E-state index contributed by atoms with van der Waals surface area (Å²) in [6, 6.07) is 0.0904. The fourth-order valence-corrected chi connectivity index (χ4v) is 4.14. The first-order chi connectivity index (χ1) is 13.3. The third-order valence-corrected chi connectivity index (χ3v) is 5.61. The SMILES string of the molecule is CCNC(=NCC1(CCOC)CCCC1)N1CC[C@@H](NC(=O)OC(C)(C)C)C1. The third kappa shape index (κ3) is 7.15. The molecule has 1 saturated heterocycles. The average Bonchev–Trinajstić information content (AvgIpc) is 3.25. The lowest BCUT2D eigenvalue weighted by Crippen LogP contribution is -2.44. The molecule has 2 aliphatic rings. The molecule has 2 fully saturated rings. The highest BCUT2D eigenvalue weighted by Gasteiger charge is 2.34. The summed E-state index contributed by atoms with van der Waals surface area (Å²) in [6.07, 6.45) is 6.70. The number of alkyl carbamates (subject to hydrolysis) is 1. The Hall–Kier alpha value is -1.50. The molecule has 1 amide bonds. The number of amides is 1. The molecule has 0 aromatic rings. The quantitative estimate of drug-likeness (QED) is 0.511. The van der Waals surface area contributed by atoms with Crippen LogP contribution >= 0.6 is 0 Å². The standard InChI is InChI=1S/C21H40N4O3/c1-6-22-18(23-16-21(12-14-27-5)10-7-8-11-21)25-13-9-17(15-25)24-19(26)28-20(2,3)4/h17H,6-16H2,1-5H3,(H,22,23)(H,24,26)/t17-/m1/s1. The van der Waals surface area contributed by atoms with Crippen LogP contribution in [0, 0.1) is 5.41 Å². The van der Waals surface area contributed by atoms with E-state index in [2.05, 4.69) is 22.5 Å². The van der Waals surface area contributed by atoms with E-state index in [1.165, 1.54) is 25.7 Å². The second-order valence-electron chi connectivity index (χ2n) is 9.20. The number of rotatable bonds is 7. The van der Waals surface area contributed by atoms with E-state index in [-0.39, 0.29) is 17.6 Å². The molecule has 2 rings (SSSR count). The lowest BCUT2D eigenvalue weighted by Gasteiger charge is -2.29. The summed E-state index contributed by atoms with van der Waals surface area (Å²) in [6.45, 7) is 11.9. The van der Waals surface area contributed by atoms with Crippen LogP contribution in [0.2, 0.25) is 0 Å². The Morgan fingerprint density at radius 3 is 2.61 bits per heavy atom. The first-order valence-corrected chi connectivity index (χ1v) is 10.8. The molecule has 1 heterocycles. The van der Waals surface area contributed by atoms with E-state index >= 15 is 0 Å². The van der Waals surface area contributed by atoms with Crippen LogP contribution in [-0.2, 0) is 9.47 Å². The van der Waals surface area contributed by atoms with Gasteiger partial charge in [0.05, 0.1) is 6.04 Å². The average molecular weight is 397 g/mol. The predicted octanol–water partition coefficient (Wildman–Crippen LogP) is 3.15. The van der Waals surface area contributed by atoms with Crippen LogP contribution in [0.4, 0.5) is 4.79 Å². The van der Waals surface area contributed by atoms with Gasteiger partial charge in [0.1, 0.15) is 5.60 Å². The van der Waals surface area contributed by atoms with Gasteiger partial charge in [0.2, 0.25) is 0 Å². The van der Waals surface area contributed by atoms with E-state index in [1.54, 1.807) is 7.11 Å². The molecule has 162 valence electrons. The van der Waals surface area contributed by atoms with Crippen molar-refractivity contribution in [1.82, 2.24) is 15.5 Å². The number of hydrogen-bond acceptors (Lipinski definition) is 4. The second kappa shape index (κ2) is 10.3. The van der Waals surface area contributed by atoms with Crippen molar-refractivity contribution in [2.24, 2.45) is 10.4 Å². The van der Waals surface area contributed by atoms with Crippen molar-refractivity contribution in [3.63, 3.8) is 0 Å². The number of nitrogens with zero attached hydrogens (tertiary/aromatic N) is 2. The van der Waals surface area contributed by atoms with Gasteiger partial charge in [0, 0.05) is 39.9 Å². The van der Waals surface area contributed by atoms with E-state index in [0.29, 0.717) is 0 Å². The monoisotopic (exact) mass is 396 g/mol. The molecule has 0 radical (unpaired) electrons. The largest absolute Gasteiger partial charge is 0.444 e. The van der Waals surface area contributed by atoms with Crippen molar-refractivity contribution < 1.29 is 14.3 Å². The summed E-state index contributed by atoms with van der Waals surface area (Å²) < 4.78 is 10.7.